The van der Waals surface area contributed by atoms with E-state index in [0.29, 0.717) is 34.8 Å². The van der Waals surface area contributed by atoms with Crippen molar-refractivity contribution in [3.05, 3.63) is 79.8 Å². The lowest BCUT2D eigenvalue weighted by Gasteiger charge is -2.15. The molecule has 2 aliphatic rings. The van der Waals surface area contributed by atoms with Crippen LogP contribution in [0.2, 0.25) is 0 Å². The first kappa shape index (κ1) is 25.5. The van der Waals surface area contributed by atoms with Gasteiger partial charge in [0.05, 0.1) is 20.8 Å². The molecule has 37 heavy (non-hydrogen) atoms. The minimum absolute atomic E-state index is 0.176. The Bertz CT molecular complexity index is 1390. The second-order valence-corrected chi connectivity index (χ2v) is 10.4. The number of benzene rings is 3. The van der Waals surface area contributed by atoms with Crippen LogP contribution in [0.3, 0.4) is 0 Å². The van der Waals surface area contributed by atoms with E-state index in [0.717, 1.165) is 38.3 Å². The molecule has 3 aromatic carbocycles. The number of nitrogens with one attached hydrogen (secondary N) is 1. The van der Waals surface area contributed by atoms with Gasteiger partial charge in [-0.25, -0.2) is 4.99 Å². The number of hydrogen-bond acceptors (Lipinski definition) is 7. The second kappa shape index (κ2) is 11.5. The van der Waals surface area contributed by atoms with Crippen molar-refractivity contribution in [2.24, 2.45) is 4.99 Å². The predicted octanol–water partition coefficient (Wildman–Crippen LogP) is 6.45. The molecule has 0 radical (unpaired) electrons. The standard InChI is InChI=1S/C28H25IN2O5S/c1-3-17-5-8-20(9-6-17)30-28-31-27(32)25(37-28)14-19-11-21(29)26(24(13-19)33-4-2)34-15-18-7-10-22-23(12-18)36-16-35-22/h5-14H,3-4,15-16H2,1-2H3,(H,30,31,32)/b25-14-. The van der Waals surface area contributed by atoms with Crippen LogP contribution in [0.15, 0.2) is 64.5 Å². The molecule has 0 spiro atoms. The van der Waals surface area contributed by atoms with Crippen LogP contribution < -0.4 is 24.3 Å². The summed E-state index contributed by atoms with van der Waals surface area (Å²) in [6.07, 6.45) is 2.81. The number of ether oxygens (including phenoxy) is 4. The van der Waals surface area contributed by atoms with Crippen LogP contribution in [0.4, 0.5) is 5.69 Å². The first-order valence-electron chi connectivity index (χ1n) is 11.9. The number of aliphatic imine (C=N–C) groups is 1. The van der Waals surface area contributed by atoms with Gasteiger partial charge in [0, 0.05) is 0 Å². The molecular formula is C28H25IN2O5S. The Kier molecular flexibility index (Phi) is 7.90. The number of rotatable bonds is 8. The molecule has 0 aromatic heterocycles. The van der Waals surface area contributed by atoms with E-state index in [-0.39, 0.29) is 12.7 Å². The quantitative estimate of drug-likeness (QED) is 0.228. The highest BCUT2D eigenvalue weighted by molar-refractivity contribution is 14.1. The number of amidine groups is 1. The van der Waals surface area contributed by atoms with Gasteiger partial charge < -0.3 is 24.3 Å². The molecule has 0 atom stereocenters. The van der Waals surface area contributed by atoms with Crippen LogP contribution >= 0.6 is 34.4 Å². The van der Waals surface area contributed by atoms with Gasteiger partial charge in [0.2, 0.25) is 6.79 Å². The van der Waals surface area contributed by atoms with E-state index >= 15 is 0 Å². The molecule has 0 aliphatic carbocycles. The number of aryl methyl sites for hydroxylation is 1. The number of carbonyl (C=O) groups is 1. The van der Waals surface area contributed by atoms with E-state index in [9.17, 15) is 4.79 Å². The van der Waals surface area contributed by atoms with Crippen LogP contribution in [0, 0.1) is 3.57 Å². The molecule has 5 rings (SSSR count). The van der Waals surface area contributed by atoms with Crippen molar-refractivity contribution in [1.82, 2.24) is 5.32 Å². The highest BCUT2D eigenvalue weighted by Gasteiger charge is 2.24. The fourth-order valence-corrected chi connectivity index (χ4v) is 5.44. The second-order valence-electron chi connectivity index (χ2n) is 8.24. The summed E-state index contributed by atoms with van der Waals surface area (Å²) < 4.78 is 23.8. The Morgan fingerprint density at radius 2 is 1.81 bits per heavy atom. The van der Waals surface area contributed by atoms with Crippen molar-refractivity contribution in [2.45, 2.75) is 26.9 Å². The van der Waals surface area contributed by atoms with E-state index < -0.39 is 0 Å². The van der Waals surface area contributed by atoms with Crippen molar-refractivity contribution in [2.75, 3.05) is 13.4 Å². The van der Waals surface area contributed by atoms with Crippen LogP contribution in [-0.4, -0.2) is 24.5 Å². The summed E-state index contributed by atoms with van der Waals surface area (Å²) in [5.41, 5.74) is 3.85. The molecule has 1 N–H and O–H groups in total. The molecule has 0 bridgehead atoms. The molecule has 7 nitrogen and oxygen atoms in total. The fraction of sp³-hybridized carbons (Fsp3) is 0.214. The molecule has 1 saturated heterocycles. The third kappa shape index (κ3) is 6.04. The van der Waals surface area contributed by atoms with Crippen LogP contribution in [0.5, 0.6) is 23.0 Å². The maximum atomic E-state index is 12.6. The predicted molar refractivity (Wildman–Crippen MR) is 154 cm³/mol. The number of nitrogens with zero attached hydrogens (tertiary/aromatic N) is 1. The highest BCUT2D eigenvalue weighted by Crippen LogP contribution is 2.38. The summed E-state index contributed by atoms with van der Waals surface area (Å²) in [5, 5.41) is 3.41. The summed E-state index contributed by atoms with van der Waals surface area (Å²) in [5.74, 6) is 2.56. The molecule has 3 aromatic rings. The first-order chi connectivity index (χ1) is 18.0. The smallest absolute Gasteiger partial charge is 0.264 e. The molecule has 0 unspecified atom stereocenters. The maximum Gasteiger partial charge on any atom is 0.264 e. The van der Waals surface area contributed by atoms with Crippen molar-refractivity contribution in [3.63, 3.8) is 0 Å². The van der Waals surface area contributed by atoms with E-state index in [2.05, 4.69) is 39.8 Å². The average Bonchev–Trinajstić information content (AvgIpc) is 3.49. The number of amides is 1. The molecular weight excluding hydrogens is 603 g/mol. The normalized spacial score (nSPS) is 16.4. The van der Waals surface area contributed by atoms with Crippen molar-refractivity contribution in [1.29, 1.82) is 0 Å². The van der Waals surface area contributed by atoms with Gasteiger partial charge in [0.1, 0.15) is 6.61 Å². The van der Waals surface area contributed by atoms with Crippen LogP contribution in [-0.2, 0) is 17.8 Å². The monoisotopic (exact) mass is 628 g/mol. The summed E-state index contributed by atoms with van der Waals surface area (Å²) in [4.78, 5) is 17.8. The van der Waals surface area contributed by atoms with Gasteiger partial charge in [-0.15, -0.1) is 0 Å². The first-order valence-corrected chi connectivity index (χ1v) is 13.8. The lowest BCUT2D eigenvalue weighted by Crippen LogP contribution is -2.19. The van der Waals surface area contributed by atoms with E-state index in [1.54, 1.807) is 0 Å². The van der Waals surface area contributed by atoms with E-state index in [1.165, 1.54) is 17.3 Å². The lowest BCUT2D eigenvalue weighted by molar-refractivity contribution is -0.115. The lowest BCUT2D eigenvalue weighted by atomic mass is 10.1. The Hall–Kier alpha value is -3.18. The number of halogens is 1. The summed E-state index contributed by atoms with van der Waals surface area (Å²) in [6, 6.07) is 17.6. The zero-order valence-corrected chi connectivity index (χ0v) is 23.4. The Labute approximate surface area is 233 Å². The summed E-state index contributed by atoms with van der Waals surface area (Å²) in [6.45, 7) is 5.11. The number of thioether (sulfide) groups is 1. The molecule has 2 heterocycles. The minimum atomic E-state index is -0.176. The zero-order chi connectivity index (χ0) is 25.8. The number of hydrogen-bond donors (Lipinski definition) is 1. The number of carbonyl (C=O) groups excluding carboxylic acids is 1. The van der Waals surface area contributed by atoms with Crippen molar-refractivity contribution >= 4 is 57.2 Å². The van der Waals surface area contributed by atoms with Gasteiger partial charge in [0.25, 0.3) is 5.91 Å². The molecule has 1 amide bonds. The van der Waals surface area contributed by atoms with Gasteiger partial charge in [0.15, 0.2) is 28.2 Å². The Morgan fingerprint density at radius 1 is 1.03 bits per heavy atom. The van der Waals surface area contributed by atoms with Crippen LogP contribution in [0.25, 0.3) is 6.08 Å². The zero-order valence-electron chi connectivity index (χ0n) is 20.4. The third-order valence-electron chi connectivity index (χ3n) is 5.68. The Balaban J connectivity index is 1.33. The minimum Gasteiger partial charge on any atom is -0.490 e. The largest absolute Gasteiger partial charge is 0.490 e. The molecule has 0 saturated carbocycles. The van der Waals surface area contributed by atoms with Gasteiger partial charge in [-0.1, -0.05) is 25.1 Å². The van der Waals surface area contributed by atoms with Gasteiger partial charge in [-0.05, 0) is 107 Å². The van der Waals surface area contributed by atoms with Gasteiger partial charge in [-0.3, -0.25) is 4.79 Å². The third-order valence-corrected chi connectivity index (χ3v) is 7.39. The molecule has 1 fully saturated rings. The van der Waals surface area contributed by atoms with Gasteiger partial charge in [-0.2, -0.15) is 0 Å². The summed E-state index contributed by atoms with van der Waals surface area (Å²) >= 11 is 3.55. The molecule has 190 valence electrons. The maximum absolute atomic E-state index is 12.6. The van der Waals surface area contributed by atoms with Gasteiger partial charge >= 0.3 is 0 Å². The van der Waals surface area contributed by atoms with E-state index in [4.69, 9.17) is 18.9 Å². The van der Waals surface area contributed by atoms with E-state index in [1.807, 2.05) is 67.6 Å². The van der Waals surface area contributed by atoms with Crippen molar-refractivity contribution in [3.8, 4) is 23.0 Å². The van der Waals surface area contributed by atoms with Crippen LogP contribution in [0.1, 0.15) is 30.5 Å². The fourth-order valence-electron chi connectivity index (χ4n) is 3.82. The SMILES string of the molecule is CCOc1cc(/C=C2\SC(=Nc3ccc(CC)cc3)NC2=O)cc(I)c1OCc1ccc2c(c1)OCO2. The van der Waals surface area contributed by atoms with Crippen molar-refractivity contribution < 1.29 is 23.7 Å². The summed E-state index contributed by atoms with van der Waals surface area (Å²) in [7, 11) is 0. The topological polar surface area (TPSA) is 78.4 Å². The number of fused-ring (bicyclic) bond motifs is 1. The Morgan fingerprint density at radius 3 is 2.59 bits per heavy atom. The molecule has 2 aliphatic heterocycles. The molecule has 9 heteroatoms. The highest BCUT2D eigenvalue weighted by atomic mass is 127. The average molecular weight is 628 g/mol.